The Morgan fingerprint density at radius 1 is 1.32 bits per heavy atom. The quantitative estimate of drug-likeness (QED) is 0.624. The zero-order valence-corrected chi connectivity index (χ0v) is 16.4. The molecule has 0 saturated carbocycles. The molecule has 0 atom stereocenters. The van der Waals surface area contributed by atoms with Crippen LogP contribution in [0.25, 0.3) is 6.08 Å². The van der Waals surface area contributed by atoms with Crippen LogP contribution in [-0.2, 0) is 16.1 Å². The van der Waals surface area contributed by atoms with Gasteiger partial charge in [-0.05, 0) is 49.1 Å². The van der Waals surface area contributed by atoms with Gasteiger partial charge in [0.2, 0.25) is 11.8 Å². The Bertz CT molecular complexity index is 881. The van der Waals surface area contributed by atoms with E-state index in [1.54, 1.807) is 18.3 Å². The van der Waals surface area contributed by atoms with Crippen LogP contribution in [0.15, 0.2) is 53.8 Å². The van der Waals surface area contributed by atoms with E-state index < -0.39 is 0 Å². The Morgan fingerprint density at radius 3 is 2.93 bits per heavy atom. The molecule has 0 aromatic carbocycles. The fourth-order valence-corrected chi connectivity index (χ4v) is 3.20. The highest BCUT2D eigenvalue weighted by atomic mass is 16.2. The molecule has 0 saturated heterocycles. The summed E-state index contributed by atoms with van der Waals surface area (Å²) in [6.45, 7) is 6.28. The van der Waals surface area contributed by atoms with Gasteiger partial charge in [0.05, 0.1) is 6.54 Å². The molecule has 1 aromatic heterocycles. The van der Waals surface area contributed by atoms with E-state index in [9.17, 15) is 9.59 Å². The molecule has 0 aliphatic carbocycles. The van der Waals surface area contributed by atoms with Crippen molar-refractivity contribution in [2.24, 2.45) is 0 Å². The van der Waals surface area contributed by atoms with Gasteiger partial charge in [-0.1, -0.05) is 24.3 Å². The van der Waals surface area contributed by atoms with Gasteiger partial charge in [-0.25, -0.2) is 4.98 Å². The number of hydrogen-bond donors (Lipinski definition) is 2. The van der Waals surface area contributed by atoms with E-state index in [0.29, 0.717) is 25.5 Å². The Hall–Kier alpha value is -2.99. The Labute approximate surface area is 165 Å². The number of hydrogen-bond acceptors (Lipinski definition) is 4. The molecule has 0 spiro atoms. The van der Waals surface area contributed by atoms with Crippen molar-refractivity contribution >= 4 is 23.7 Å². The monoisotopic (exact) mass is 378 g/mol. The van der Waals surface area contributed by atoms with Crippen LogP contribution in [-0.4, -0.2) is 41.3 Å². The summed E-state index contributed by atoms with van der Waals surface area (Å²) < 4.78 is 0. The van der Waals surface area contributed by atoms with Gasteiger partial charge in [-0.15, -0.1) is 0 Å². The lowest BCUT2D eigenvalue weighted by atomic mass is 10.00. The summed E-state index contributed by atoms with van der Waals surface area (Å²) in [4.78, 5) is 30.2. The van der Waals surface area contributed by atoms with Crippen LogP contribution in [0, 0.1) is 0 Å². The maximum Gasteiger partial charge on any atom is 0.246 e. The van der Waals surface area contributed by atoms with Crippen LogP contribution in [0.3, 0.4) is 0 Å². The van der Waals surface area contributed by atoms with Crippen LogP contribution in [0.5, 0.6) is 0 Å². The predicted octanol–water partition coefficient (Wildman–Crippen LogP) is 2.82. The second-order valence-electron chi connectivity index (χ2n) is 6.90. The van der Waals surface area contributed by atoms with E-state index in [1.807, 2.05) is 30.0 Å². The topological polar surface area (TPSA) is 74.3 Å². The molecule has 2 N–H and O–H groups in total. The fraction of sp³-hybridized carbons (Fsp3) is 0.318. The number of nitrogens with one attached hydrogen (secondary N) is 2. The van der Waals surface area contributed by atoms with E-state index in [0.717, 1.165) is 17.5 Å². The van der Waals surface area contributed by atoms with Gasteiger partial charge >= 0.3 is 0 Å². The predicted molar refractivity (Wildman–Crippen MR) is 111 cm³/mol. The van der Waals surface area contributed by atoms with Gasteiger partial charge in [0.25, 0.3) is 0 Å². The average molecular weight is 378 g/mol. The number of allylic oxidation sites excluding steroid dienone is 4. The molecule has 3 heterocycles. The smallest absolute Gasteiger partial charge is 0.246 e. The van der Waals surface area contributed by atoms with Crippen molar-refractivity contribution in [3.05, 3.63) is 64.9 Å². The minimum atomic E-state index is -0.0990. The van der Waals surface area contributed by atoms with Crippen LogP contribution in [0.2, 0.25) is 0 Å². The summed E-state index contributed by atoms with van der Waals surface area (Å²) >= 11 is 0. The average Bonchev–Trinajstić information content (AvgIpc) is 2.90. The van der Waals surface area contributed by atoms with Crippen molar-refractivity contribution in [1.82, 2.24) is 15.2 Å². The largest absolute Gasteiger partial charge is 0.335 e. The molecule has 0 fully saturated rings. The lowest BCUT2D eigenvalue weighted by Gasteiger charge is -2.25. The summed E-state index contributed by atoms with van der Waals surface area (Å²) in [5, 5.41) is 5.82. The number of fused-ring (bicyclic) bond motifs is 1. The number of carbonyl (C=O) groups excluding carboxylic acids is 2. The summed E-state index contributed by atoms with van der Waals surface area (Å²) in [7, 11) is 0. The number of aromatic nitrogens is 1. The number of anilines is 1. The van der Waals surface area contributed by atoms with Crippen molar-refractivity contribution in [3.8, 4) is 0 Å². The lowest BCUT2D eigenvalue weighted by Crippen LogP contribution is -2.33. The Balaban J connectivity index is 1.62. The zero-order chi connectivity index (χ0) is 19.9. The van der Waals surface area contributed by atoms with Crippen molar-refractivity contribution in [2.45, 2.75) is 26.8 Å². The molecule has 6 heteroatoms. The first-order valence-corrected chi connectivity index (χ1v) is 9.52. The third kappa shape index (κ3) is 5.04. The third-order valence-corrected chi connectivity index (χ3v) is 4.83. The van der Waals surface area contributed by atoms with Crippen LogP contribution in [0.4, 0.5) is 5.82 Å². The summed E-state index contributed by atoms with van der Waals surface area (Å²) in [5.41, 5.74) is 4.30. The molecular weight excluding hydrogens is 352 g/mol. The van der Waals surface area contributed by atoms with Gasteiger partial charge in [-0.2, -0.15) is 0 Å². The molecule has 146 valence electrons. The molecule has 2 aliphatic rings. The van der Waals surface area contributed by atoms with Gasteiger partial charge in [-0.3, -0.25) is 9.59 Å². The first kappa shape index (κ1) is 19.8. The summed E-state index contributed by atoms with van der Waals surface area (Å²) in [6.07, 6.45) is 14.2. The Kier molecular flexibility index (Phi) is 6.55. The first-order valence-electron chi connectivity index (χ1n) is 9.52. The minimum Gasteiger partial charge on any atom is -0.335 e. The minimum absolute atomic E-state index is 0.00763. The molecule has 28 heavy (non-hydrogen) atoms. The highest BCUT2D eigenvalue weighted by Gasteiger charge is 2.16. The van der Waals surface area contributed by atoms with Gasteiger partial charge in [0, 0.05) is 37.5 Å². The Morgan fingerprint density at radius 2 is 2.18 bits per heavy atom. The summed E-state index contributed by atoms with van der Waals surface area (Å²) in [5.74, 6) is 0.471. The van der Waals surface area contributed by atoms with Crippen molar-refractivity contribution in [2.75, 3.05) is 25.0 Å². The van der Waals surface area contributed by atoms with E-state index in [4.69, 9.17) is 0 Å². The number of carbonyl (C=O) groups is 2. The molecule has 1 aromatic rings. The number of amides is 2. The highest BCUT2D eigenvalue weighted by Crippen LogP contribution is 2.20. The summed E-state index contributed by atoms with van der Waals surface area (Å²) in [6, 6.07) is 1.94. The van der Waals surface area contributed by atoms with E-state index in [1.165, 1.54) is 11.1 Å². The highest BCUT2D eigenvalue weighted by molar-refractivity contribution is 5.93. The van der Waals surface area contributed by atoms with Crippen molar-refractivity contribution in [3.63, 3.8) is 0 Å². The van der Waals surface area contributed by atoms with E-state index >= 15 is 0 Å². The first-order chi connectivity index (χ1) is 13.6. The van der Waals surface area contributed by atoms with Crippen LogP contribution in [0.1, 0.15) is 31.4 Å². The molecule has 6 nitrogen and oxygen atoms in total. The normalized spacial score (nSPS) is 18.1. The molecule has 0 radical (unpaired) electrons. The number of pyridine rings is 1. The molecule has 2 amide bonds. The van der Waals surface area contributed by atoms with Crippen LogP contribution < -0.4 is 10.6 Å². The van der Waals surface area contributed by atoms with E-state index in [2.05, 4.69) is 34.7 Å². The van der Waals surface area contributed by atoms with Gasteiger partial charge < -0.3 is 15.5 Å². The van der Waals surface area contributed by atoms with Crippen LogP contribution >= 0.6 is 0 Å². The maximum absolute atomic E-state index is 12.5. The van der Waals surface area contributed by atoms with E-state index in [-0.39, 0.29) is 18.4 Å². The third-order valence-electron chi connectivity index (χ3n) is 4.83. The number of nitrogens with zero attached hydrogens (tertiary/aromatic N) is 2. The van der Waals surface area contributed by atoms with Crippen molar-refractivity contribution < 1.29 is 9.59 Å². The molecular formula is C22H26N4O2. The maximum atomic E-state index is 12.5. The fourth-order valence-electron chi connectivity index (χ4n) is 3.20. The molecule has 3 rings (SSSR count). The zero-order valence-electron chi connectivity index (χ0n) is 16.4. The molecule has 0 unspecified atom stereocenters. The lowest BCUT2D eigenvalue weighted by molar-refractivity contribution is -0.125. The second kappa shape index (κ2) is 9.28. The molecule has 2 aliphatic heterocycles. The molecule has 0 bridgehead atoms. The standard InChI is InChI=1S/C22H26N4O2/c1-3-4-5-16(2)18-8-10-26(11-9-18)21(28)7-6-17-12-19-14-23-15-20(27)25-22(19)24-13-17/h3-8,12-13,23H,9-11,14-15H2,1-2H3,(H,24,25,27). The SMILES string of the molecule is CC=CC=C(C)C1=CCN(C(=O)C=Cc2cnc3c(c2)CNCC(=O)N3)CC1. The van der Waals surface area contributed by atoms with Gasteiger partial charge in [0.15, 0.2) is 0 Å². The second-order valence-corrected chi connectivity index (χ2v) is 6.90. The number of rotatable bonds is 4. The van der Waals surface area contributed by atoms with Gasteiger partial charge in [0.1, 0.15) is 5.82 Å². The van der Waals surface area contributed by atoms with Crippen molar-refractivity contribution in [1.29, 1.82) is 0 Å².